The van der Waals surface area contributed by atoms with Crippen LogP contribution in [0.1, 0.15) is 12.0 Å². The van der Waals surface area contributed by atoms with Gasteiger partial charge in [-0.2, -0.15) is 0 Å². The molecular formula is C11H15NO2S. The fourth-order valence-electron chi connectivity index (χ4n) is 1.16. The fourth-order valence-corrected chi connectivity index (χ4v) is 2.32. The molecule has 3 nitrogen and oxygen atoms in total. The topological polar surface area (TPSA) is 46.2 Å². The van der Waals surface area contributed by atoms with Crippen LogP contribution in [0.2, 0.25) is 0 Å². The van der Waals surface area contributed by atoms with Crippen molar-refractivity contribution in [3.63, 3.8) is 0 Å². The Hall–Kier alpha value is -1.13. The van der Waals surface area contributed by atoms with Gasteiger partial charge < -0.3 is 0 Å². The second-order valence-corrected chi connectivity index (χ2v) is 5.02. The third-order valence-electron chi connectivity index (χ3n) is 1.87. The molecule has 0 heterocycles. The van der Waals surface area contributed by atoms with Gasteiger partial charge in [0.2, 0.25) is 10.0 Å². The van der Waals surface area contributed by atoms with E-state index in [1.54, 1.807) is 18.2 Å². The number of hydrogen-bond donors (Lipinski definition) is 1. The smallest absolute Gasteiger partial charge is 0.215 e. The fraction of sp³-hybridized carbons (Fsp3) is 0.273. The van der Waals surface area contributed by atoms with Crippen LogP contribution in [0.5, 0.6) is 0 Å². The summed E-state index contributed by atoms with van der Waals surface area (Å²) in [5.41, 5.74) is 0.795. The average molecular weight is 225 g/mol. The standard InChI is InChI=1S/C11H15NO2S/c1-2-3-9-12-15(13,14)10-11-7-5-4-6-8-11/h2,4-8,12H,1,3,9-10H2. The van der Waals surface area contributed by atoms with Crippen molar-refractivity contribution >= 4 is 10.0 Å². The van der Waals surface area contributed by atoms with Crippen LogP contribution in [0.25, 0.3) is 0 Å². The second kappa shape index (κ2) is 5.68. The van der Waals surface area contributed by atoms with E-state index in [2.05, 4.69) is 11.3 Å². The van der Waals surface area contributed by atoms with E-state index in [1.807, 2.05) is 18.2 Å². The summed E-state index contributed by atoms with van der Waals surface area (Å²) < 4.78 is 25.6. The molecule has 1 aromatic rings. The summed E-state index contributed by atoms with van der Waals surface area (Å²) in [5.74, 6) is 0.0327. The minimum absolute atomic E-state index is 0.0327. The highest BCUT2D eigenvalue weighted by molar-refractivity contribution is 7.88. The van der Waals surface area contributed by atoms with Gasteiger partial charge in [0, 0.05) is 6.54 Å². The highest BCUT2D eigenvalue weighted by atomic mass is 32.2. The Balaban J connectivity index is 2.53. The van der Waals surface area contributed by atoms with Gasteiger partial charge in [-0.05, 0) is 12.0 Å². The molecule has 4 heteroatoms. The largest absolute Gasteiger partial charge is 0.215 e. The summed E-state index contributed by atoms with van der Waals surface area (Å²) in [6, 6.07) is 9.11. The number of rotatable bonds is 6. The van der Waals surface area contributed by atoms with Crippen molar-refractivity contribution in [3.05, 3.63) is 48.6 Å². The minimum Gasteiger partial charge on any atom is -0.215 e. The molecule has 0 aromatic heterocycles. The van der Waals surface area contributed by atoms with Crippen LogP contribution in [0.15, 0.2) is 43.0 Å². The van der Waals surface area contributed by atoms with E-state index in [0.717, 1.165) is 5.56 Å². The Labute approximate surface area is 90.9 Å². The van der Waals surface area contributed by atoms with Gasteiger partial charge in [-0.25, -0.2) is 13.1 Å². The van der Waals surface area contributed by atoms with Gasteiger partial charge in [-0.1, -0.05) is 36.4 Å². The first-order chi connectivity index (χ1) is 7.14. The first-order valence-electron chi connectivity index (χ1n) is 4.76. The first kappa shape index (κ1) is 11.9. The number of sulfonamides is 1. The maximum atomic E-state index is 11.5. The molecule has 0 aliphatic carbocycles. The summed E-state index contributed by atoms with van der Waals surface area (Å²) in [7, 11) is -3.20. The van der Waals surface area contributed by atoms with Crippen LogP contribution in [-0.2, 0) is 15.8 Å². The SMILES string of the molecule is C=CCCNS(=O)(=O)Cc1ccccc1. The minimum atomic E-state index is -3.20. The number of benzene rings is 1. The van der Waals surface area contributed by atoms with Gasteiger partial charge >= 0.3 is 0 Å². The molecule has 0 aliphatic heterocycles. The van der Waals surface area contributed by atoms with Gasteiger partial charge in [0.1, 0.15) is 0 Å². The van der Waals surface area contributed by atoms with E-state index >= 15 is 0 Å². The molecule has 0 radical (unpaired) electrons. The summed E-state index contributed by atoms with van der Waals surface area (Å²) in [6.45, 7) is 3.94. The van der Waals surface area contributed by atoms with E-state index < -0.39 is 10.0 Å². The molecule has 0 aliphatic rings. The molecule has 0 fully saturated rings. The number of hydrogen-bond acceptors (Lipinski definition) is 2. The average Bonchev–Trinajstić information content (AvgIpc) is 2.18. The van der Waals surface area contributed by atoms with Crippen molar-refractivity contribution in [2.75, 3.05) is 6.54 Å². The van der Waals surface area contributed by atoms with Crippen molar-refractivity contribution in [3.8, 4) is 0 Å². The van der Waals surface area contributed by atoms with Crippen LogP contribution < -0.4 is 4.72 Å². The predicted octanol–water partition coefficient (Wildman–Crippen LogP) is 1.68. The van der Waals surface area contributed by atoms with Crippen molar-refractivity contribution in [1.82, 2.24) is 4.72 Å². The molecule has 1 N–H and O–H groups in total. The first-order valence-corrected chi connectivity index (χ1v) is 6.41. The zero-order valence-electron chi connectivity index (χ0n) is 8.52. The zero-order chi connectivity index (χ0) is 11.1. The predicted molar refractivity (Wildman–Crippen MR) is 61.9 cm³/mol. The Bertz CT molecular complexity index is 398. The third-order valence-corrected chi connectivity index (χ3v) is 3.23. The van der Waals surface area contributed by atoms with Gasteiger partial charge in [-0.3, -0.25) is 0 Å². The Kier molecular flexibility index (Phi) is 4.52. The van der Waals surface area contributed by atoms with Crippen molar-refractivity contribution < 1.29 is 8.42 Å². The summed E-state index contributed by atoms with van der Waals surface area (Å²) in [4.78, 5) is 0. The highest BCUT2D eigenvalue weighted by Crippen LogP contribution is 2.03. The van der Waals surface area contributed by atoms with Crippen LogP contribution in [-0.4, -0.2) is 15.0 Å². The van der Waals surface area contributed by atoms with Crippen molar-refractivity contribution in [1.29, 1.82) is 0 Å². The van der Waals surface area contributed by atoms with Crippen molar-refractivity contribution in [2.45, 2.75) is 12.2 Å². The normalized spacial score (nSPS) is 11.2. The van der Waals surface area contributed by atoms with Crippen LogP contribution in [0, 0.1) is 0 Å². The molecule has 15 heavy (non-hydrogen) atoms. The van der Waals surface area contributed by atoms with Gasteiger partial charge in [0.25, 0.3) is 0 Å². The maximum absolute atomic E-state index is 11.5. The molecule has 0 saturated heterocycles. The summed E-state index contributed by atoms with van der Waals surface area (Å²) >= 11 is 0. The molecule has 1 aromatic carbocycles. The lowest BCUT2D eigenvalue weighted by Crippen LogP contribution is -2.25. The van der Waals surface area contributed by atoms with E-state index in [1.165, 1.54) is 0 Å². The van der Waals surface area contributed by atoms with Crippen LogP contribution in [0.3, 0.4) is 0 Å². The molecule has 0 bridgehead atoms. The molecule has 0 atom stereocenters. The summed E-state index contributed by atoms with van der Waals surface area (Å²) in [6.07, 6.45) is 2.33. The van der Waals surface area contributed by atoms with Crippen LogP contribution in [0.4, 0.5) is 0 Å². The molecule has 0 amide bonds. The van der Waals surface area contributed by atoms with E-state index in [9.17, 15) is 8.42 Å². The Morgan fingerprint density at radius 2 is 1.93 bits per heavy atom. The van der Waals surface area contributed by atoms with E-state index in [4.69, 9.17) is 0 Å². The lowest BCUT2D eigenvalue weighted by Gasteiger charge is -2.05. The molecule has 0 spiro atoms. The monoisotopic (exact) mass is 225 g/mol. The molecular weight excluding hydrogens is 210 g/mol. The van der Waals surface area contributed by atoms with E-state index in [-0.39, 0.29) is 5.75 Å². The van der Waals surface area contributed by atoms with Gasteiger partial charge in [0.05, 0.1) is 5.75 Å². The molecule has 0 saturated carbocycles. The zero-order valence-corrected chi connectivity index (χ0v) is 9.33. The van der Waals surface area contributed by atoms with E-state index in [0.29, 0.717) is 13.0 Å². The lowest BCUT2D eigenvalue weighted by atomic mass is 10.2. The molecule has 82 valence electrons. The van der Waals surface area contributed by atoms with Gasteiger partial charge in [0.15, 0.2) is 0 Å². The maximum Gasteiger partial charge on any atom is 0.215 e. The quantitative estimate of drug-likeness (QED) is 0.591. The Morgan fingerprint density at radius 1 is 1.27 bits per heavy atom. The van der Waals surface area contributed by atoms with Crippen molar-refractivity contribution in [2.24, 2.45) is 0 Å². The molecule has 1 rings (SSSR count). The molecule has 0 unspecified atom stereocenters. The highest BCUT2D eigenvalue weighted by Gasteiger charge is 2.09. The second-order valence-electron chi connectivity index (χ2n) is 3.22. The third kappa shape index (κ3) is 4.76. The van der Waals surface area contributed by atoms with Gasteiger partial charge in [-0.15, -0.1) is 6.58 Å². The lowest BCUT2D eigenvalue weighted by molar-refractivity contribution is 0.581. The van der Waals surface area contributed by atoms with Crippen LogP contribution >= 0.6 is 0 Å². The Morgan fingerprint density at radius 3 is 2.53 bits per heavy atom. The number of nitrogens with one attached hydrogen (secondary N) is 1. The summed E-state index contributed by atoms with van der Waals surface area (Å²) in [5, 5.41) is 0.